The minimum absolute atomic E-state index is 0.346. The van der Waals surface area contributed by atoms with Crippen LogP contribution in [0.3, 0.4) is 0 Å². The molecular weight excluding hydrogens is 146 g/mol. The monoisotopic (exact) mass is 157 g/mol. The highest BCUT2D eigenvalue weighted by molar-refractivity contribution is 5.87. The zero-order chi connectivity index (χ0) is 8.27. The molecule has 1 rings (SSSR count). The van der Waals surface area contributed by atoms with Crippen LogP contribution in [-0.2, 0) is 9.53 Å². The summed E-state index contributed by atoms with van der Waals surface area (Å²) in [5.41, 5.74) is 0.346. The number of rotatable bonds is 2. The van der Waals surface area contributed by atoms with Gasteiger partial charge >= 0.3 is 5.97 Å². The van der Waals surface area contributed by atoms with Crippen LogP contribution in [0.25, 0.3) is 0 Å². The van der Waals surface area contributed by atoms with Crippen LogP contribution in [0.2, 0.25) is 0 Å². The fourth-order valence-electron chi connectivity index (χ4n) is 1.08. The quantitative estimate of drug-likeness (QED) is 0.590. The molecule has 0 saturated carbocycles. The summed E-state index contributed by atoms with van der Waals surface area (Å²) < 4.78 is 4.92. The minimum Gasteiger partial charge on any atom is -0.500 e. The molecule has 0 bridgehead atoms. The third kappa shape index (κ3) is 1.71. The van der Waals surface area contributed by atoms with Crippen molar-refractivity contribution in [1.82, 2.24) is 5.32 Å². The smallest absolute Gasteiger partial charge is 0.336 e. The molecular formula is C7H11NO3. The highest BCUT2D eigenvalue weighted by Gasteiger charge is 2.18. The number of hydrogen-bond acceptors (Lipinski definition) is 3. The van der Waals surface area contributed by atoms with Crippen LogP contribution < -0.4 is 5.32 Å². The predicted molar refractivity (Wildman–Crippen MR) is 39.2 cm³/mol. The van der Waals surface area contributed by atoms with Crippen molar-refractivity contribution in [3.63, 3.8) is 0 Å². The lowest BCUT2D eigenvalue weighted by Crippen LogP contribution is -2.29. The molecule has 11 heavy (non-hydrogen) atoms. The van der Waals surface area contributed by atoms with Crippen molar-refractivity contribution in [2.45, 2.75) is 6.42 Å². The van der Waals surface area contributed by atoms with Gasteiger partial charge in [0.25, 0.3) is 0 Å². The van der Waals surface area contributed by atoms with Crippen molar-refractivity contribution >= 4 is 5.97 Å². The highest BCUT2D eigenvalue weighted by atomic mass is 16.5. The fraction of sp³-hybridized carbons (Fsp3) is 0.571. The number of methoxy groups -OCH3 is 1. The first kappa shape index (κ1) is 8.07. The number of carbonyl (C=O) groups is 1. The van der Waals surface area contributed by atoms with Crippen LogP contribution in [0.5, 0.6) is 0 Å². The normalized spacial score (nSPS) is 18.3. The van der Waals surface area contributed by atoms with Crippen LogP contribution in [0.15, 0.2) is 11.3 Å². The number of aliphatic carboxylic acids is 1. The molecule has 0 aromatic rings. The molecule has 0 spiro atoms. The van der Waals surface area contributed by atoms with Gasteiger partial charge < -0.3 is 15.2 Å². The maximum atomic E-state index is 10.5. The first-order chi connectivity index (χ1) is 5.25. The summed E-state index contributed by atoms with van der Waals surface area (Å²) in [6.45, 7) is 1.19. The first-order valence-corrected chi connectivity index (χ1v) is 3.45. The van der Waals surface area contributed by atoms with E-state index < -0.39 is 5.97 Å². The molecule has 2 N–H and O–H groups in total. The van der Waals surface area contributed by atoms with Crippen LogP contribution in [-0.4, -0.2) is 31.3 Å². The summed E-state index contributed by atoms with van der Waals surface area (Å²) >= 11 is 0. The van der Waals surface area contributed by atoms with Crippen molar-refractivity contribution < 1.29 is 14.6 Å². The maximum Gasteiger partial charge on any atom is 0.336 e. The largest absolute Gasteiger partial charge is 0.500 e. The van der Waals surface area contributed by atoms with Gasteiger partial charge in [-0.1, -0.05) is 0 Å². The Balaban J connectivity index is 2.81. The summed E-state index contributed by atoms with van der Waals surface area (Å²) in [6, 6.07) is 0. The van der Waals surface area contributed by atoms with Crippen LogP contribution >= 0.6 is 0 Å². The highest BCUT2D eigenvalue weighted by Crippen LogP contribution is 2.12. The molecule has 0 aromatic heterocycles. The molecule has 1 aliphatic rings. The average molecular weight is 157 g/mol. The Bertz CT molecular complexity index is 198. The SMILES string of the molecule is COC1=C(C(=O)O)CNCC1. The van der Waals surface area contributed by atoms with Gasteiger partial charge in [0, 0.05) is 19.5 Å². The van der Waals surface area contributed by atoms with Crippen molar-refractivity contribution in [1.29, 1.82) is 0 Å². The van der Waals surface area contributed by atoms with Crippen LogP contribution in [0, 0.1) is 0 Å². The van der Waals surface area contributed by atoms with Gasteiger partial charge in [-0.05, 0) is 0 Å². The Morgan fingerprint density at radius 3 is 2.91 bits per heavy atom. The lowest BCUT2D eigenvalue weighted by Gasteiger charge is -2.16. The molecule has 0 unspecified atom stereocenters. The van der Waals surface area contributed by atoms with Crippen molar-refractivity contribution in [3.8, 4) is 0 Å². The van der Waals surface area contributed by atoms with E-state index in [1.165, 1.54) is 7.11 Å². The topological polar surface area (TPSA) is 58.6 Å². The molecule has 0 fully saturated rings. The van der Waals surface area contributed by atoms with E-state index in [1.54, 1.807) is 0 Å². The summed E-state index contributed by atoms with van der Waals surface area (Å²) in [4.78, 5) is 10.5. The molecule has 4 nitrogen and oxygen atoms in total. The molecule has 1 heterocycles. The molecule has 4 heteroatoms. The second-order valence-corrected chi connectivity index (χ2v) is 2.34. The Hall–Kier alpha value is -1.03. The van der Waals surface area contributed by atoms with E-state index in [2.05, 4.69) is 5.32 Å². The van der Waals surface area contributed by atoms with Gasteiger partial charge in [-0.15, -0.1) is 0 Å². The van der Waals surface area contributed by atoms with Gasteiger partial charge in [-0.25, -0.2) is 4.79 Å². The van der Waals surface area contributed by atoms with E-state index in [0.29, 0.717) is 24.3 Å². The minimum atomic E-state index is -0.894. The summed E-state index contributed by atoms with van der Waals surface area (Å²) in [5, 5.41) is 11.6. The molecule has 0 saturated heterocycles. The molecule has 1 aliphatic heterocycles. The molecule has 0 radical (unpaired) electrons. The van der Waals surface area contributed by atoms with Gasteiger partial charge in [0.05, 0.1) is 12.7 Å². The Morgan fingerprint density at radius 2 is 2.45 bits per heavy atom. The summed E-state index contributed by atoms with van der Waals surface area (Å²) in [6.07, 6.45) is 0.665. The van der Waals surface area contributed by atoms with E-state index >= 15 is 0 Å². The van der Waals surface area contributed by atoms with Gasteiger partial charge in [-0.2, -0.15) is 0 Å². The number of carboxylic acid groups (broad SMARTS) is 1. The van der Waals surface area contributed by atoms with E-state index in [-0.39, 0.29) is 0 Å². The third-order valence-corrected chi connectivity index (χ3v) is 1.67. The van der Waals surface area contributed by atoms with Crippen molar-refractivity contribution in [3.05, 3.63) is 11.3 Å². The van der Waals surface area contributed by atoms with E-state index in [0.717, 1.165) is 6.54 Å². The standard InChI is InChI=1S/C7H11NO3/c1-11-6-2-3-8-4-5(6)7(9)10/h8H,2-4H2,1H3,(H,9,10). The molecule has 0 aliphatic carbocycles. The van der Waals surface area contributed by atoms with Crippen LogP contribution in [0.1, 0.15) is 6.42 Å². The first-order valence-electron chi connectivity index (χ1n) is 3.45. The Kier molecular flexibility index (Phi) is 2.48. The summed E-state index contributed by atoms with van der Waals surface area (Å²) in [5.74, 6) is -0.301. The second kappa shape index (κ2) is 3.39. The Morgan fingerprint density at radius 1 is 1.73 bits per heavy atom. The van der Waals surface area contributed by atoms with E-state index in [9.17, 15) is 4.79 Å². The number of hydrogen-bond donors (Lipinski definition) is 2. The van der Waals surface area contributed by atoms with Gasteiger partial charge in [0.15, 0.2) is 0 Å². The van der Waals surface area contributed by atoms with Crippen LogP contribution in [0.4, 0.5) is 0 Å². The zero-order valence-corrected chi connectivity index (χ0v) is 6.39. The molecule has 62 valence electrons. The molecule has 0 atom stereocenters. The van der Waals surface area contributed by atoms with Crippen molar-refractivity contribution in [2.24, 2.45) is 0 Å². The second-order valence-electron chi connectivity index (χ2n) is 2.34. The van der Waals surface area contributed by atoms with E-state index in [1.807, 2.05) is 0 Å². The predicted octanol–water partition coefficient (Wildman–Crippen LogP) is -0.0352. The van der Waals surface area contributed by atoms with Gasteiger partial charge in [0.1, 0.15) is 5.76 Å². The summed E-state index contributed by atoms with van der Waals surface area (Å²) in [7, 11) is 1.50. The van der Waals surface area contributed by atoms with Gasteiger partial charge in [0.2, 0.25) is 0 Å². The average Bonchev–Trinajstić information content (AvgIpc) is 2.04. The fourth-order valence-corrected chi connectivity index (χ4v) is 1.08. The number of ether oxygens (including phenoxy) is 1. The number of carboxylic acids is 1. The maximum absolute atomic E-state index is 10.5. The lowest BCUT2D eigenvalue weighted by molar-refractivity contribution is -0.133. The zero-order valence-electron chi connectivity index (χ0n) is 6.39. The van der Waals surface area contributed by atoms with E-state index in [4.69, 9.17) is 9.84 Å². The molecule has 0 aromatic carbocycles. The van der Waals surface area contributed by atoms with Crippen molar-refractivity contribution in [2.75, 3.05) is 20.2 Å². The molecule has 0 amide bonds. The Labute approximate surface area is 64.9 Å². The number of nitrogens with one attached hydrogen (secondary N) is 1. The van der Waals surface area contributed by atoms with Gasteiger partial charge in [-0.3, -0.25) is 0 Å². The third-order valence-electron chi connectivity index (χ3n) is 1.67. The lowest BCUT2D eigenvalue weighted by atomic mass is 10.1.